The number of unbranched alkanes of at least 4 members (excludes halogenated alkanes) is 4. The summed E-state index contributed by atoms with van der Waals surface area (Å²) in [4.78, 5) is 22.5. The summed E-state index contributed by atoms with van der Waals surface area (Å²) in [5.41, 5.74) is 5.36. The molecule has 0 aromatic rings. The Morgan fingerprint density at radius 3 is 1.33 bits per heavy atom. The maximum atomic E-state index is 12.6. The first-order valence-electron chi connectivity index (χ1n) is 21.7. The summed E-state index contributed by atoms with van der Waals surface area (Å²) in [5, 5.41) is 0. The Morgan fingerprint density at radius 2 is 0.914 bits per heavy atom. The van der Waals surface area contributed by atoms with Gasteiger partial charge in [0, 0.05) is 19.6 Å². The van der Waals surface area contributed by atoms with Crippen molar-refractivity contribution in [1.29, 1.82) is 0 Å². The predicted octanol–water partition coefficient (Wildman–Crippen LogP) is 13.2. The van der Waals surface area contributed by atoms with E-state index < -0.39 is 19.9 Å². The van der Waals surface area contributed by atoms with Crippen molar-refractivity contribution in [2.24, 2.45) is 5.73 Å². The zero-order chi connectivity index (χ0) is 42.3. The van der Waals surface area contributed by atoms with Crippen LogP contribution in [0.5, 0.6) is 0 Å². The van der Waals surface area contributed by atoms with Gasteiger partial charge in [-0.05, 0) is 103 Å². The first-order chi connectivity index (χ1) is 28.4. The molecule has 2 unspecified atom stereocenters. The van der Waals surface area contributed by atoms with E-state index in [-0.39, 0.29) is 32.8 Å². The molecule has 326 valence electrons. The Balaban J connectivity index is 4.24. The van der Waals surface area contributed by atoms with Gasteiger partial charge in [0.25, 0.3) is 0 Å². The molecular formula is C49H78NO7P. The van der Waals surface area contributed by atoms with Crippen LogP contribution < -0.4 is 5.73 Å². The Labute approximate surface area is 353 Å². The summed E-state index contributed by atoms with van der Waals surface area (Å²) in [5.74, 6) is -0.406. The average Bonchev–Trinajstić information content (AvgIpc) is 3.21. The summed E-state index contributed by atoms with van der Waals surface area (Å²) < 4.78 is 33.3. The lowest BCUT2D eigenvalue weighted by atomic mass is 10.2. The number of carbonyl (C=O) groups is 1. The van der Waals surface area contributed by atoms with Crippen LogP contribution in [0, 0.1) is 0 Å². The number of hydrogen-bond acceptors (Lipinski definition) is 7. The average molecular weight is 824 g/mol. The molecule has 0 rings (SSSR count). The van der Waals surface area contributed by atoms with E-state index in [4.69, 9.17) is 24.3 Å². The molecule has 0 amide bonds. The third kappa shape index (κ3) is 43.8. The second-order valence-electron chi connectivity index (χ2n) is 13.4. The molecule has 9 heteroatoms. The highest BCUT2D eigenvalue weighted by Gasteiger charge is 2.25. The van der Waals surface area contributed by atoms with E-state index in [0.717, 1.165) is 103 Å². The fraction of sp³-hybridized carbons (Fsp3) is 0.531. The van der Waals surface area contributed by atoms with Gasteiger partial charge in [-0.1, -0.05) is 154 Å². The first kappa shape index (κ1) is 54.6. The third-order valence-electron chi connectivity index (χ3n) is 8.06. The zero-order valence-corrected chi connectivity index (χ0v) is 36.9. The molecule has 0 saturated heterocycles. The van der Waals surface area contributed by atoms with Crippen LogP contribution in [0.4, 0.5) is 0 Å². The molecule has 0 fully saturated rings. The van der Waals surface area contributed by atoms with Crippen LogP contribution in [0.15, 0.2) is 134 Å². The summed E-state index contributed by atoms with van der Waals surface area (Å²) in [6.07, 6.45) is 63.4. The van der Waals surface area contributed by atoms with Gasteiger partial charge in [-0.25, -0.2) is 4.57 Å². The molecule has 0 aromatic heterocycles. The molecule has 0 aromatic carbocycles. The summed E-state index contributed by atoms with van der Waals surface area (Å²) in [6, 6.07) is 0. The topological polar surface area (TPSA) is 117 Å². The highest BCUT2D eigenvalue weighted by atomic mass is 31.2. The monoisotopic (exact) mass is 824 g/mol. The molecule has 0 heterocycles. The Hall–Kier alpha value is -3.36. The smallest absolute Gasteiger partial charge is 0.457 e. The fourth-order valence-electron chi connectivity index (χ4n) is 4.97. The van der Waals surface area contributed by atoms with Gasteiger partial charge >= 0.3 is 13.8 Å². The van der Waals surface area contributed by atoms with Gasteiger partial charge in [-0.2, -0.15) is 0 Å². The molecule has 0 aliphatic carbocycles. The zero-order valence-electron chi connectivity index (χ0n) is 36.0. The fourth-order valence-corrected chi connectivity index (χ4v) is 5.74. The van der Waals surface area contributed by atoms with Crippen LogP contribution in [-0.2, 0) is 27.9 Å². The number of phosphoric ester groups is 1. The third-order valence-corrected chi connectivity index (χ3v) is 9.05. The second-order valence-corrected chi connectivity index (χ2v) is 14.9. The van der Waals surface area contributed by atoms with Gasteiger partial charge in [0.05, 0.1) is 19.8 Å². The minimum Gasteiger partial charge on any atom is -0.457 e. The number of nitrogens with two attached hydrogens (primary N) is 1. The molecule has 3 N–H and O–H groups in total. The molecule has 2 atom stereocenters. The number of phosphoric acid groups is 1. The molecule has 0 aliphatic rings. The maximum absolute atomic E-state index is 12.6. The van der Waals surface area contributed by atoms with Crippen molar-refractivity contribution in [3.63, 3.8) is 0 Å². The van der Waals surface area contributed by atoms with Crippen LogP contribution in [-0.4, -0.2) is 49.9 Å². The Morgan fingerprint density at radius 1 is 0.517 bits per heavy atom. The van der Waals surface area contributed by atoms with Crippen LogP contribution >= 0.6 is 7.82 Å². The van der Waals surface area contributed by atoms with E-state index in [2.05, 4.69) is 148 Å². The van der Waals surface area contributed by atoms with Gasteiger partial charge in [0.2, 0.25) is 0 Å². The number of ether oxygens (including phenoxy) is 2. The van der Waals surface area contributed by atoms with Crippen molar-refractivity contribution in [2.75, 3.05) is 33.0 Å². The van der Waals surface area contributed by atoms with Crippen molar-refractivity contribution in [3.05, 3.63) is 134 Å². The second kappa shape index (κ2) is 44.7. The van der Waals surface area contributed by atoms with E-state index in [1.165, 1.54) is 0 Å². The molecule has 0 aliphatic heterocycles. The lowest BCUT2D eigenvalue weighted by Crippen LogP contribution is -2.28. The van der Waals surface area contributed by atoms with Crippen molar-refractivity contribution in [3.8, 4) is 0 Å². The lowest BCUT2D eigenvalue weighted by Gasteiger charge is -2.20. The largest absolute Gasteiger partial charge is 0.472 e. The van der Waals surface area contributed by atoms with Crippen LogP contribution in [0.25, 0.3) is 0 Å². The number of hydrogen-bond donors (Lipinski definition) is 2. The van der Waals surface area contributed by atoms with Crippen molar-refractivity contribution >= 4 is 13.8 Å². The number of allylic oxidation sites excluding steroid dienone is 22. The van der Waals surface area contributed by atoms with Crippen molar-refractivity contribution in [1.82, 2.24) is 0 Å². The van der Waals surface area contributed by atoms with Crippen molar-refractivity contribution in [2.45, 2.75) is 136 Å². The highest BCUT2D eigenvalue weighted by Crippen LogP contribution is 2.43. The van der Waals surface area contributed by atoms with E-state index in [1.54, 1.807) is 0 Å². The lowest BCUT2D eigenvalue weighted by molar-refractivity contribution is -0.154. The van der Waals surface area contributed by atoms with Crippen LogP contribution in [0.3, 0.4) is 0 Å². The van der Waals surface area contributed by atoms with E-state index in [0.29, 0.717) is 13.0 Å². The van der Waals surface area contributed by atoms with E-state index >= 15 is 0 Å². The van der Waals surface area contributed by atoms with Crippen LogP contribution in [0.2, 0.25) is 0 Å². The van der Waals surface area contributed by atoms with Gasteiger partial charge in [0.15, 0.2) is 0 Å². The summed E-state index contributed by atoms with van der Waals surface area (Å²) in [6.45, 7) is 4.47. The van der Waals surface area contributed by atoms with Crippen LogP contribution in [0.1, 0.15) is 129 Å². The summed E-state index contributed by atoms with van der Waals surface area (Å²) in [7, 11) is -4.31. The maximum Gasteiger partial charge on any atom is 0.472 e. The molecule has 58 heavy (non-hydrogen) atoms. The van der Waals surface area contributed by atoms with E-state index in [1.807, 2.05) is 0 Å². The normalized spacial score (nSPS) is 14.8. The first-order valence-corrected chi connectivity index (χ1v) is 23.2. The van der Waals surface area contributed by atoms with Gasteiger partial charge < -0.3 is 20.1 Å². The number of carbonyl (C=O) groups excluding carboxylic acids is 1. The Bertz CT molecular complexity index is 1340. The minimum atomic E-state index is -4.31. The molecule has 0 radical (unpaired) electrons. The quantitative estimate of drug-likeness (QED) is 0.0272. The standard InChI is InChI=1S/C49H78NO7P/c1-3-5-7-9-11-13-15-17-19-21-22-23-24-25-27-29-31-33-35-37-39-41-44-54-46-48(47-56-58(52,53)55-45-43-50)57-49(51)42-40-38-36-34-32-30-28-26-20-18-16-14-12-10-8-6-4-2/h5-8,11-14,17-20,22-23,25,27-28,30-31,33-34,36,48H,3-4,9-10,15-16,21,24,26,29,32,35,37-47,50H2,1-2H3,(H,52,53)/b7-5-,8-6-,13-11-,14-12-,19-17-,20-18-,23-22-,27-25-,30-28-,33-31-,36-34-. The molecular weight excluding hydrogens is 746 g/mol. The highest BCUT2D eigenvalue weighted by molar-refractivity contribution is 7.47. The minimum absolute atomic E-state index is 0.0601. The Kier molecular flexibility index (Phi) is 42.1. The number of esters is 1. The number of rotatable bonds is 39. The van der Waals surface area contributed by atoms with Gasteiger partial charge in [-0.15, -0.1) is 0 Å². The molecule has 0 saturated carbocycles. The SMILES string of the molecule is CC/C=C\C/C=C\C/C=C\C/C=C\C/C=C\C/C=C\CCCCCOCC(COP(=O)(O)OCCN)OC(=O)CCC/C=C\C/C=C\C/C=C\C/C=C\C/C=C\CC. The molecule has 8 nitrogen and oxygen atoms in total. The van der Waals surface area contributed by atoms with Crippen molar-refractivity contribution < 1.29 is 32.8 Å². The molecule has 0 spiro atoms. The predicted molar refractivity (Wildman–Crippen MR) is 246 cm³/mol. The van der Waals surface area contributed by atoms with E-state index in [9.17, 15) is 14.3 Å². The summed E-state index contributed by atoms with van der Waals surface area (Å²) >= 11 is 0. The molecule has 0 bridgehead atoms. The van der Waals surface area contributed by atoms with Gasteiger partial charge in [0.1, 0.15) is 6.10 Å². The van der Waals surface area contributed by atoms with Gasteiger partial charge in [-0.3, -0.25) is 13.8 Å².